The highest BCUT2D eigenvalue weighted by Crippen LogP contribution is 2.13. The normalized spacial score (nSPS) is 10.3. The van der Waals surface area contributed by atoms with Crippen molar-refractivity contribution in [2.75, 3.05) is 0 Å². The van der Waals surface area contributed by atoms with Gasteiger partial charge in [-0.25, -0.2) is 0 Å². The maximum absolute atomic E-state index is 12.1. The van der Waals surface area contributed by atoms with Crippen LogP contribution in [0, 0.1) is 13.8 Å². The third kappa shape index (κ3) is 1.76. The molecular formula is C10H10N8O2. The largest absolute Gasteiger partial charge is 0.277 e. The van der Waals surface area contributed by atoms with Gasteiger partial charge in [-0.15, -0.1) is 0 Å². The Balaban J connectivity index is 2.91. The Hall–Kier alpha value is -2.96. The summed E-state index contributed by atoms with van der Waals surface area (Å²) in [5, 5.41) is 6.86. The second-order valence-corrected chi connectivity index (χ2v) is 4.16. The molecule has 20 heavy (non-hydrogen) atoms. The van der Waals surface area contributed by atoms with Crippen LogP contribution in [-0.4, -0.2) is 9.03 Å². The Labute approximate surface area is 111 Å². The van der Waals surface area contributed by atoms with E-state index in [-0.39, 0.29) is 13.1 Å². The van der Waals surface area contributed by atoms with Gasteiger partial charge < -0.3 is 0 Å². The smallest absolute Gasteiger partial charge is 0.267 e. The fourth-order valence-corrected chi connectivity index (χ4v) is 2.13. The maximum Gasteiger partial charge on any atom is 0.277 e. The van der Waals surface area contributed by atoms with Gasteiger partial charge in [-0.3, -0.25) is 14.1 Å². The number of nitrogens with zero attached hydrogens (tertiary/aromatic N) is 8. The molecule has 0 aromatic carbocycles. The van der Waals surface area contributed by atoms with E-state index in [1.165, 1.54) is 4.52 Å². The summed E-state index contributed by atoms with van der Waals surface area (Å²) in [5.41, 5.74) is 17.4. The molecule has 0 aliphatic rings. The van der Waals surface area contributed by atoms with Gasteiger partial charge >= 0.3 is 0 Å². The van der Waals surface area contributed by atoms with Gasteiger partial charge in [0.1, 0.15) is 0 Å². The Morgan fingerprint density at radius 2 is 1.30 bits per heavy atom. The van der Waals surface area contributed by atoms with E-state index in [1.807, 2.05) is 0 Å². The molecule has 2 aromatic rings. The lowest BCUT2D eigenvalue weighted by Crippen LogP contribution is -2.23. The molecule has 102 valence electrons. The van der Waals surface area contributed by atoms with Crippen molar-refractivity contribution in [3.05, 3.63) is 64.1 Å². The lowest BCUT2D eigenvalue weighted by molar-refractivity contribution is 0.723. The molecule has 0 saturated carbocycles. The van der Waals surface area contributed by atoms with Crippen LogP contribution in [0.2, 0.25) is 0 Å². The first-order valence-corrected chi connectivity index (χ1v) is 5.64. The van der Waals surface area contributed by atoms with Crippen LogP contribution in [0.1, 0.15) is 22.5 Å². The zero-order valence-electron chi connectivity index (χ0n) is 10.8. The van der Waals surface area contributed by atoms with Crippen molar-refractivity contribution in [2.45, 2.75) is 26.9 Å². The minimum atomic E-state index is -0.464. The summed E-state index contributed by atoms with van der Waals surface area (Å²) in [6, 6.07) is 0. The summed E-state index contributed by atoms with van der Waals surface area (Å²) >= 11 is 0. The molecule has 0 saturated heterocycles. The molecule has 0 radical (unpaired) electrons. The van der Waals surface area contributed by atoms with Gasteiger partial charge in [0.2, 0.25) is 0 Å². The van der Waals surface area contributed by atoms with E-state index in [2.05, 4.69) is 20.1 Å². The zero-order valence-corrected chi connectivity index (χ0v) is 10.8. The Bertz CT molecular complexity index is 810. The average molecular weight is 274 g/mol. The van der Waals surface area contributed by atoms with Crippen LogP contribution in [-0.2, 0) is 13.1 Å². The van der Waals surface area contributed by atoms with Gasteiger partial charge in [-0.2, -0.15) is 4.52 Å². The molecule has 0 atom stereocenters. The van der Waals surface area contributed by atoms with E-state index in [0.29, 0.717) is 22.5 Å². The van der Waals surface area contributed by atoms with E-state index >= 15 is 0 Å². The molecule has 0 fully saturated rings. The SMILES string of the molecule is Cc1c(CN=[N+]=[N-])n2c(CN=[N+]=[N-])c(C)c(=O)n2c1=O. The molecular weight excluding hydrogens is 264 g/mol. The van der Waals surface area contributed by atoms with E-state index in [1.54, 1.807) is 13.8 Å². The molecule has 0 aliphatic carbocycles. The van der Waals surface area contributed by atoms with Crippen molar-refractivity contribution in [3.63, 3.8) is 0 Å². The fourth-order valence-electron chi connectivity index (χ4n) is 2.13. The summed E-state index contributed by atoms with van der Waals surface area (Å²) in [6.07, 6.45) is 0. The lowest BCUT2D eigenvalue weighted by atomic mass is 10.2. The number of hydrogen-bond acceptors (Lipinski definition) is 4. The van der Waals surface area contributed by atoms with Crippen LogP contribution >= 0.6 is 0 Å². The van der Waals surface area contributed by atoms with E-state index in [4.69, 9.17) is 11.1 Å². The van der Waals surface area contributed by atoms with Crippen molar-refractivity contribution in [2.24, 2.45) is 10.2 Å². The molecule has 0 N–H and O–H groups in total. The van der Waals surface area contributed by atoms with E-state index < -0.39 is 11.1 Å². The van der Waals surface area contributed by atoms with Crippen LogP contribution < -0.4 is 11.1 Å². The topological polar surface area (TPSA) is 140 Å². The highest BCUT2D eigenvalue weighted by Gasteiger charge is 2.21. The molecule has 10 nitrogen and oxygen atoms in total. The highest BCUT2D eigenvalue weighted by atomic mass is 16.2. The predicted octanol–water partition coefficient (Wildman–Crippen LogP) is 1.43. The van der Waals surface area contributed by atoms with Gasteiger partial charge in [-0.1, -0.05) is 10.2 Å². The van der Waals surface area contributed by atoms with Gasteiger partial charge in [0.05, 0.1) is 24.5 Å². The summed E-state index contributed by atoms with van der Waals surface area (Å²) in [4.78, 5) is 29.5. The first kappa shape index (κ1) is 13.5. The second kappa shape index (κ2) is 4.96. The number of aromatic nitrogens is 2. The first-order chi connectivity index (χ1) is 9.54. The zero-order chi connectivity index (χ0) is 14.9. The molecule has 10 heteroatoms. The number of azide groups is 2. The van der Waals surface area contributed by atoms with Gasteiger partial charge in [0, 0.05) is 21.0 Å². The Morgan fingerprint density at radius 1 is 0.900 bits per heavy atom. The Kier molecular flexibility index (Phi) is 3.34. The van der Waals surface area contributed by atoms with Crippen LogP contribution in [0.25, 0.3) is 20.9 Å². The van der Waals surface area contributed by atoms with Crippen LogP contribution in [0.3, 0.4) is 0 Å². The van der Waals surface area contributed by atoms with Gasteiger partial charge in [0.15, 0.2) is 0 Å². The Morgan fingerprint density at radius 3 is 1.65 bits per heavy atom. The average Bonchev–Trinajstić information content (AvgIpc) is 2.82. The van der Waals surface area contributed by atoms with Gasteiger partial charge in [-0.05, 0) is 24.9 Å². The second-order valence-electron chi connectivity index (χ2n) is 4.16. The van der Waals surface area contributed by atoms with Crippen molar-refractivity contribution in [1.29, 1.82) is 0 Å². The number of hydrogen-bond donors (Lipinski definition) is 0. The predicted molar refractivity (Wildman–Crippen MR) is 69.7 cm³/mol. The monoisotopic (exact) mass is 274 g/mol. The van der Waals surface area contributed by atoms with Crippen LogP contribution in [0.15, 0.2) is 19.8 Å². The molecule has 2 aromatic heterocycles. The molecule has 0 aliphatic heterocycles. The van der Waals surface area contributed by atoms with Crippen molar-refractivity contribution in [1.82, 2.24) is 9.03 Å². The number of rotatable bonds is 4. The summed E-state index contributed by atoms with van der Waals surface area (Å²) in [7, 11) is 0. The van der Waals surface area contributed by atoms with Crippen molar-refractivity contribution < 1.29 is 0 Å². The highest BCUT2D eigenvalue weighted by molar-refractivity contribution is 5.27. The van der Waals surface area contributed by atoms with E-state index in [0.717, 1.165) is 4.52 Å². The van der Waals surface area contributed by atoms with Crippen LogP contribution in [0.4, 0.5) is 0 Å². The molecule has 0 amide bonds. The molecule has 0 unspecified atom stereocenters. The van der Waals surface area contributed by atoms with Crippen LogP contribution in [0.5, 0.6) is 0 Å². The molecule has 0 spiro atoms. The van der Waals surface area contributed by atoms with E-state index in [9.17, 15) is 9.59 Å². The fraction of sp³-hybridized carbons (Fsp3) is 0.400. The minimum Gasteiger partial charge on any atom is -0.267 e. The summed E-state index contributed by atoms with van der Waals surface area (Å²) < 4.78 is 2.34. The first-order valence-electron chi connectivity index (χ1n) is 5.64. The molecule has 0 bridgehead atoms. The lowest BCUT2D eigenvalue weighted by Gasteiger charge is -2.01. The van der Waals surface area contributed by atoms with Crippen molar-refractivity contribution >= 4 is 0 Å². The maximum atomic E-state index is 12.1. The summed E-state index contributed by atoms with van der Waals surface area (Å²) in [5.74, 6) is 0. The number of fused-ring (bicyclic) bond motifs is 1. The minimum absolute atomic E-state index is 0.0646. The summed E-state index contributed by atoms with van der Waals surface area (Å²) in [6.45, 7) is 2.98. The van der Waals surface area contributed by atoms with Crippen molar-refractivity contribution in [3.8, 4) is 0 Å². The quantitative estimate of drug-likeness (QED) is 0.472. The third-order valence-electron chi connectivity index (χ3n) is 3.17. The van der Waals surface area contributed by atoms with Gasteiger partial charge in [0.25, 0.3) is 11.1 Å². The molecule has 2 rings (SSSR count). The molecule has 2 heterocycles. The third-order valence-corrected chi connectivity index (χ3v) is 3.17. The standard InChI is InChI=1S/C10H10N8O2/c1-5-7(3-13-15-11)17-8(4-14-16-12)6(2)10(20)18(17)9(5)19/h3-4H2,1-2H3.